The molecule has 2 aliphatic rings. The van der Waals surface area contributed by atoms with Crippen molar-refractivity contribution in [3.8, 4) is 11.3 Å². The zero-order valence-corrected chi connectivity index (χ0v) is 22.2. The number of piperazine rings is 1. The van der Waals surface area contributed by atoms with Gasteiger partial charge in [0.1, 0.15) is 41.8 Å². The molecule has 0 bridgehead atoms. The number of aliphatic hydroxyl groups is 1. The summed E-state index contributed by atoms with van der Waals surface area (Å²) in [4.78, 5) is 13.8. The highest BCUT2D eigenvalue weighted by Gasteiger charge is 2.30. The van der Waals surface area contributed by atoms with Crippen molar-refractivity contribution in [1.29, 1.82) is 0 Å². The Morgan fingerprint density at radius 1 is 1.03 bits per heavy atom. The van der Waals surface area contributed by atoms with Crippen molar-refractivity contribution in [2.45, 2.75) is 50.9 Å². The van der Waals surface area contributed by atoms with Crippen LogP contribution in [0.3, 0.4) is 0 Å². The molecule has 0 amide bonds. The van der Waals surface area contributed by atoms with Gasteiger partial charge in [0, 0.05) is 37.8 Å². The van der Waals surface area contributed by atoms with Crippen LogP contribution in [0.25, 0.3) is 22.3 Å². The van der Waals surface area contributed by atoms with Gasteiger partial charge in [0.25, 0.3) is 0 Å². The fourth-order valence-corrected chi connectivity index (χ4v) is 5.90. The maximum absolute atomic E-state index is 15.2. The molecule has 0 radical (unpaired) electrons. The summed E-state index contributed by atoms with van der Waals surface area (Å²) in [6.45, 7) is 4.64. The van der Waals surface area contributed by atoms with E-state index in [1.807, 2.05) is 10.7 Å². The monoisotopic (exact) mass is 534 g/mol. The summed E-state index contributed by atoms with van der Waals surface area (Å²) >= 11 is 0. The third kappa shape index (κ3) is 5.21. The number of nitrogens with zero attached hydrogens (tertiary/aromatic N) is 6. The minimum absolute atomic E-state index is 0.172. The third-order valence-corrected chi connectivity index (χ3v) is 8.15. The highest BCUT2D eigenvalue weighted by Crippen LogP contribution is 2.37. The zero-order chi connectivity index (χ0) is 26.9. The van der Waals surface area contributed by atoms with E-state index in [4.69, 9.17) is 20.4 Å². The van der Waals surface area contributed by atoms with Gasteiger partial charge in [-0.2, -0.15) is 5.10 Å². The number of hydrogen-bond donors (Lipinski definition) is 3. The number of aromatic nitrogens is 4. The van der Waals surface area contributed by atoms with E-state index >= 15 is 4.39 Å². The average molecular weight is 535 g/mol. The number of halogens is 1. The number of hydrogen-bond acceptors (Lipinski definition) is 9. The van der Waals surface area contributed by atoms with Crippen molar-refractivity contribution in [2.24, 2.45) is 0 Å². The van der Waals surface area contributed by atoms with Crippen LogP contribution >= 0.6 is 0 Å². The number of benzene rings is 1. The van der Waals surface area contributed by atoms with Crippen molar-refractivity contribution in [1.82, 2.24) is 29.5 Å². The first kappa shape index (κ1) is 25.7. The van der Waals surface area contributed by atoms with Gasteiger partial charge < -0.3 is 25.5 Å². The van der Waals surface area contributed by atoms with Crippen molar-refractivity contribution >= 4 is 22.5 Å². The van der Waals surface area contributed by atoms with E-state index in [0.29, 0.717) is 57.9 Å². The number of anilines is 2. The summed E-state index contributed by atoms with van der Waals surface area (Å²) in [5, 5.41) is 17.8. The first-order chi connectivity index (χ1) is 19.0. The highest BCUT2D eigenvalue weighted by atomic mass is 19.1. The summed E-state index contributed by atoms with van der Waals surface area (Å²) in [5.74, 6) is 1.01. The van der Waals surface area contributed by atoms with E-state index in [1.165, 1.54) is 12.4 Å². The predicted molar refractivity (Wildman–Crippen MR) is 147 cm³/mol. The molecule has 4 aromatic rings. The first-order valence-corrected chi connectivity index (χ1v) is 13.6. The Morgan fingerprint density at radius 3 is 2.49 bits per heavy atom. The SMILES string of the molecule is CN1CCN(C2CCC(n3nc(-c4ccc(NCc5ccc(CO)o5)c(F)c4)c4c(N)ncnc43)CC2)CC1. The number of furan rings is 1. The molecule has 0 spiro atoms. The molecule has 1 aliphatic heterocycles. The molecule has 0 atom stereocenters. The van der Waals surface area contributed by atoms with E-state index in [2.05, 4.69) is 32.1 Å². The second-order valence-corrected chi connectivity index (χ2v) is 10.6. The van der Waals surface area contributed by atoms with Crippen LogP contribution in [-0.4, -0.2) is 73.9 Å². The van der Waals surface area contributed by atoms with Crippen molar-refractivity contribution in [3.63, 3.8) is 0 Å². The van der Waals surface area contributed by atoms with E-state index in [1.54, 1.807) is 18.2 Å². The van der Waals surface area contributed by atoms with Crippen LogP contribution in [0.5, 0.6) is 0 Å². The van der Waals surface area contributed by atoms with Crippen LogP contribution in [0.15, 0.2) is 41.1 Å². The molecule has 6 rings (SSSR count). The van der Waals surface area contributed by atoms with Crippen LogP contribution < -0.4 is 11.1 Å². The molecular formula is C28H35FN8O2. The minimum Gasteiger partial charge on any atom is -0.462 e. The molecular weight excluding hydrogens is 499 g/mol. The maximum atomic E-state index is 15.2. The molecule has 1 saturated carbocycles. The minimum atomic E-state index is -0.410. The van der Waals surface area contributed by atoms with Gasteiger partial charge >= 0.3 is 0 Å². The van der Waals surface area contributed by atoms with E-state index in [0.717, 1.165) is 51.9 Å². The number of nitrogen functional groups attached to an aromatic ring is 1. The molecule has 4 heterocycles. The lowest BCUT2D eigenvalue weighted by molar-refractivity contribution is 0.0815. The molecule has 4 N–H and O–H groups in total. The van der Waals surface area contributed by atoms with Crippen molar-refractivity contribution in [3.05, 3.63) is 54.0 Å². The molecule has 39 heavy (non-hydrogen) atoms. The topological polar surface area (TPSA) is 122 Å². The second-order valence-electron chi connectivity index (χ2n) is 10.6. The van der Waals surface area contributed by atoms with Gasteiger partial charge in [0.05, 0.1) is 23.7 Å². The Balaban J connectivity index is 1.22. The van der Waals surface area contributed by atoms with E-state index in [-0.39, 0.29) is 12.6 Å². The van der Waals surface area contributed by atoms with Gasteiger partial charge in [-0.3, -0.25) is 4.90 Å². The lowest BCUT2D eigenvalue weighted by Gasteiger charge is -2.41. The van der Waals surface area contributed by atoms with Crippen LogP contribution in [-0.2, 0) is 13.2 Å². The molecule has 11 heteroatoms. The van der Waals surface area contributed by atoms with E-state index < -0.39 is 5.82 Å². The van der Waals surface area contributed by atoms with Crippen molar-refractivity contribution < 1.29 is 13.9 Å². The number of aliphatic hydroxyl groups excluding tert-OH is 1. The number of rotatable bonds is 7. The molecule has 206 valence electrons. The van der Waals surface area contributed by atoms with Gasteiger partial charge in [0.15, 0.2) is 5.65 Å². The summed E-state index contributed by atoms with van der Waals surface area (Å²) in [7, 11) is 2.19. The van der Waals surface area contributed by atoms with Gasteiger partial charge in [0.2, 0.25) is 0 Å². The zero-order valence-electron chi connectivity index (χ0n) is 22.2. The largest absolute Gasteiger partial charge is 0.462 e. The van der Waals surface area contributed by atoms with Crippen LogP contribution in [0.1, 0.15) is 43.2 Å². The quantitative estimate of drug-likeness (QED) is 0.326. The van der Waals surface area contributed by atoms with Gasteiger partial charge in [-0.15, -0.1) is 0 Å². The Labute approximate surface area is 226 Å². The molecule has 1 aliphatic carbocycles. The molecule has 1 aromatic carbocycles. The van der Waals surface area contributed by atoms with Gasteiger partial charge in [-0.05, 0) is 57.0 Å². The smallest absolute Gasteiger partial charge is 0.164 e. The van der Waals surface area contributed by atoms with Crippen molar-refractivity contribution in [2.75, 3.05) is 44.3 Å². The Morgan fingerprint density at radius 2 is 1.77 bits per heavy atom. The average Bonchev–Trinajstić information content (AvgIpc) is 3.59. The predicted octanol–water partition coefficient (Wildman–Crippen LogP) is 3.64. The Kier molecular flexibility index (Phi) is 7.20. The lowest BCUT2D eigenvalue weighted by atomic mass is 9.90. The molecule has 2 fully saturated rings. The number of nitrogens with one attached hydrogen (secondary N) is 1. The third-order valence-electron chi connectivity index (χ3n) is 8.15. The van der Waals surface area contributed by atoms with Gasteiger partial charge in [-0.1, -0.05) is 6.07 Å². The highest BCUT2D eigenvalue weighted by molar-refractivity contribution is 5.98. The first-order valence-electron chi connectivity index (χ1n) is 13.6. The summed E-state index contributed by atoms with van der Waals surface area (Å²) in [6, 6.07) is 9.26. The standard InChI is InChI=1S/C28H35FN8O2/c1-35-10-12-36(13-11-35)19-3-5-20(6-4-19)37-28-25(27(30)32-17-33-28)26(34-37)18-2-9-24(23(29)14-18)31-15-21-7-8-22(16-38)39-21/h2,7-9,14,17,19-20,31,38H,3-6,10-13,15-16H2,1H3,(H2,30,32,33). The Hall–Kier alpha value is -3.54. The number of nitrogens with two attached hydrogens (primary N) is 1. The molecule has 1 saturated heterocycles. The fourth-order valence-electron chi connectivity index (χ4n) is 5.90. The molecule has 0 unspecified atom stereocenters. The number of likely N-dealkylation sites (N-methyl/N-ethyl adjacent to an activating group) is 1. The van der Waals surface area contributed by atoms with Gasteiger partial charge in [-0.25, -0.2) is 19.0 Å². The maximum Gasteiger partial charge on any atom is 0.164 e. The van der Waals surface area contributed by atoms with Crippen LogP contribution in [0.2, 0.25) is 0 Å². The molecule has 3 aromatic heterocycles. The fraction of sp³-hybridized carbons (Fsp3) is 0.464. The molecule has 10 nitrogen and oxygen atoms in total. The summed E-state index contributed by atoms with van der Waals surface area (Å²) in [6.07, 6.45) is 5.74. The summed E-state index contributed by atoms with van der Waals surface area (Å²) < 4.78 is 22.6. The number of fused-ring (bicyclic) bond motifs is 1. The second kappa shape index (κ2) is 10.9. The van der Waals surface area contributed by atoms with Crippen LogP contribution in [0.4, 0.5) is 15.9 Å². The lowest BCUT2D eigenvalue weighted by Crippen LogP contribution is -2.49. The summed E-state index contributed by atoms with van der Waals surface area (Å²) in [5.41, 5.74) is 8.56. The van der Waals surface area contributed by atoms with E-state index in [9.17, 15) is 0 Å². The van der Waals surface area contributed by atoms with Crippen LogP contribution in [0, 0.1) is 5.82 Å². The Bertz CT molecular complexity index is 1440. The normalized spacial score (nSPS) is 21.0.